The average Bonchev–Trinajstić information content (AvgIpc) is 2.35. The number of hydrogen-bond acceptors (Lipinski definition) is 3. The minimum Gasteiger partial charge on any atom is -0.359 e. The maximum Gasteiger partial charge on any atom is 0.243 e. The zero-order valence-corrected chi connectivity index (χ0v) is 13.7. The third kappa shape index (κ3) is 4.00. The molecule has 1 amide bonds. The molecule has 2 N–H and O–H groups in total. The monoisotopic (exact) mass is 366 g/mol. The van der Waals surface area contributed by atoms with Crippen molar-refractivity contribution in [2.45, 2.75) is 18.7 Å². The number of carbonyl (C=O) groups excluding carboxylic acids is 1. The standard InChI is InChI=1S/C12H16BrFN2O3S/c1-12(2,11(17)15-3)7-16-20(18,19)10-5-4-8(13)6-9(10)14/h4-6,16H,7H2,1-3H3,(H,15,17). The van der Waals surface area contributed by atoms with Gasteiger partial charge in [0, 0.05) is 18.1 Å². The van der Waals surface area contributed by atoms with Gasteiger partial charge in [0.25, 0.3) is 0 Å². The Balaban J connectivity index is 2.94. The lowest BCUT2D eigenvalue weighted by Crippen LogP contribution is -2.43. The van der Waals surface area contributed by atoms with Crippen LogP contribution < -0.4 is 10.0 Å². The Morgan fingerprint density at radius 1 is 1.40 bits per heavy atom. The maximum absolute atomic E-state index is 13.7. The van der Waals surface area contributed by atoms with Gasteiger partial charge in [0.2, 0.25) is 15.9 Å². The van der Waals surface area contributed by atoms with Gasteiger partial charge in [0.15, 0.2) is 0 Å². The molecule has 0 bridgehead atoms. The van der Waals surface area contributed by atoms with Crippen LogP contribution in [0.25, 0.3) is 0 Å². The largest absolute Gasteiger partial charge is 0.359 e. The molecular weight excluding hydrogens is 351 g/mol. The van der Waals surface area contributed by atoms with Crippen molar-refractivity contribution in [3.8, 4) is 0 Å². The smallest absolute Gasteiger partial charge is 0.243 e. The molecular formula is C12H16BrFN2O3S. The van der Waals surface area contributed by atoms with E-state index in [4.69, 9.17) is 0 Å². The Bertz CT molecular complexity index is 617. The second-order valence-corrected chi connectivity index (χ2v) is 7.51. The fourth-order valence-electron chi connectivity index (χ4n) is 1.46. The van der Waals surface area contributed by atoms with Crippen molar-refractivity contribution in [1.29, 1.82) is 0 Å². The Labute approximate surface area is 126 Å². The molecule has 0 radical (unpaired) electrons. The maximum atomic E-state index is 13.7. The average molecular weight is 367 g/mol. The molecule has 0 aliphatic rings. The quantitative estimate of drug-likeness (QED) is 0.831. The van der Waals surface area contributed by atoms with Gasteiger partial charge in [-0.3, -0.25) is 4.79 Å². The van der Waals surface area contributed by atoms with Crippen LogP contribution >= 0.6 is 15.9 Å². The molecule has 5 nitrogen and oxygen atoms in total. The van der Waals surface area contributed by atoms with Crippen molar-refractivity contribution in [2.75, 3.05) is 13.6 Å². The van der Waals surface area contributed by atoms with E-state index in [-0.39, 0.29) is 12.5 Å². The van der Waals surface area contributed by atoms with Crippen LogP contribution in [-0.4, -0.2) is 27.9 Å². The molecule has 0 aromatic heterocycles. The zero-order valence-electron chi connectivity index (χ0n) is 11.3. The Hall–Kier alpha value is -0.990. The summed E-state index contributed by atoms with van der Waals surface area (Å²) in [6.45, 7) is 3.04. The summed E-state index contributed by atoms with van der Waals surface area (Å²) in [6, 6.07) is 3.66. The molecule has 0 heterocycles. The predicted octanol–water partition coefficient (Wildman–Crippen LogP) is 1.64. The van der Waals surface area contributed by atoms with Crippen molar-refractivity contribution in [3.05, 3.63) is 28.5 Å². The fraction of sp³-hybridized carbons (Fsp3) is 0.417. The predicted molar refractivity (Wildman–Crippen MR) is 77.1 cm³/mol. The lowest BCUT2D eigenvalue weighted by atomic mass is 9.93. The number of amides is 1. The van der Waals surface area contributed by atoms with Crippen LogP contribution in [0.15, 0.2) is 27.6 Å². The number of hydrogen-bond donors (Lipinski definition) is 2. The Morgan fingerprint density at radius 3 is 2.50 bits per heavy atom. The molecule has 0 spiro atoms. The van der Waals surface area contributed by atoms with Crippen molar-refractivity contribution in [2.24, 2.45) is 5.41 Å². The number of carbonyl (C=O) groups is 1. The van der Waals surface area contributed by atoms with Gasteiger partial charge >= 0.3 is 0 Å². The van der Waals surface area contributed by atoms with Gasteiger partial charge in [0.05, 0.1) is 5.41 Å². The number of halogens is 2. The third-order valence-corrected chi connectivity index (χ3v) is 4.66. The van der Waals surface area contributed by atoms with Crippen LogP contribution in [-0.2, 0) is 14.8 Å². The van der Waals surface area contributed by atoms with E-state index in [1.807, 2.05) is 0 Å². The highest BCUT2D eigenvalue weighted by molar-refractivity contribution is 9.10. The summed E-state index contributed by atoms with van der Waals surface area (Å²) in [5, 5.41) is 2.45. The van der Waals surface area contributed by atoms with Gasteiger partial charge in [-0.15, -0.1) is 0 Å². The van der Waals surface area contributed by atoms with Crippen LogP contribution in [0.2, 0.25) is 0 Å². The highest BCUT2D eigenvalue weighted by Gasteiger charge is 2.29. The molecule has 20 heavy (non-hydrogen) atoms. The summed E-state index contributed by atoms with van der Waals surface area (Å²) in [6.07, 6.45) is 0. The van der Waals surface area contributed by atoms with Gasteiger partial charge in [-0.1, -0.05) is 15.9 Å². The van der Waals surface area contributed by atoms with Gasteiger partial charge in [-0.05, 0) is 32.0 Å². The highest BCUT2D eigenvalue weighted by Crippen LogP contribution is 2.20. The van der Waals surface area contributed by atoms with E-state index in [1.165, 1.54) is 13.1 Å². The van der Waals surface area contributed by atoms with Crippen LogP contribution in [0.4, 0.5) is 4.39 Å². The minimum atomic E-state index is -4.01. The normalized spacial score (nSPS) is 12.2. The molecule has 0 aliphatic heterocycles. The van der Waals surface area contributed by atoms with Crippen molar-refractivity contribution >= 4 is 31.9 Å². The second kappa shape index (κ2) is 6.19. The van der Waals surface area contributed by atoms with E-state index in [1.54, 1.807) is 13.8 Å². The molecule has 0 atom stereocenters. The first kappa shape index (κ1) is 17.1. The van der Waals surface area contributed by atoms with E-state index in [9.17, 15) is 17.6 Å². The number of sulfonamides is 1. The van der Waals surface area contributed by atoms with Gasteiger partial charge in [-0.2, -0.15) is 0 Å². The Kier molecular flexibility index (Phi) is 5.28. The van der Waals surface area contributed by atoms with Gasteiger partial charge in [-0.25, -0.2) is 17.5 Å². The molecule has 8 heteroatoms. The molecule has 0 aliphatic carbocycles. The molecule has 112 valence electrons. The zero-order chi connectivity index (χ0) is 15.6. The lowest BCUT2D eigenvalue weighted by molar-refractivity contribution is -0.128. The van der Waals surface area contributed by atoms with E-state index in [0.29, 0.717) is 4.47 Å². The molecule has 0 saturated heterocycles. The second-order valence-electron chi connectivity index (χ2n) is 4.86. The number of nitrogens with one attached hydrogen (secondary N) is 2. The first-order valence-electron chi connectivity index (χ1n) is 5.77. The first-order valence-corrected chi connectivity index (χ1v) is 8.04. The number of rotatable bonds is 5. The molecule has 1 aromatic carbocycles. The summed E-state index contributed by atoms with van der Waals surface area (Å²) in [4.78, 5) is 11.1. The molecule has 0 saturated carbocycles. The topological polar surface area (TPSA) is 75.3 Å². The van der Waals surface area contributed by atoms with Gasteiger partial charge < -0.3 is 5.32 Å². The van der Waals surface area contributed by atoms with E-state index >= 15 is 0 Å². The van der Waals surface area contributed by atoms with Crippen LogP contribution in [0.5, 0.6) is 0 Å². The van der Waals surface area contributed by atoms with Crippen LogP contribution in [0, 0.1) is 11.2 Å². The van der Waals surface area contributed by atoms with E-state index in [0.717, 1.165) is 12.1 Å². The van der Waals surface area contributed by atoms with Gasteiger partial charge in [0.1, 0.15) is 10.7 Å². The summed E-state index contributed by atoms with van der Waals surface area (Å²) in [5.41, 5.74) is -0.937. The third-order valence-electron chi connectivity index (χ3n) is 2.73. The van der Waals surface area contributed by atoms with Crippen molar-refractivity contribution < 1.29 is 17.6 Å². The van der Waals surface area contributed by atoms with Crippen LogP contribution in [0.3, 0.4) is 0 Å². The molecule has 0 fully saturated rings. The van der Waals surface area contributed by atoms with Crippen molar-refractivity contribution in [3.63, 3.8) is 0 Å². The van der Waals surface area contributed by atoms with Crippen molar-refractivity contribution in [1.82, 2.24) is 10.0 Å². The SMILES string of the molecule is CNC(=O)C(C)(C)CNS(=O)(=O)c1ccc(Br)cc1F. The summed E-state index contributed by atoms with van der Waals surface area (Å²) < 4.78 is 40.4. The number of benzene rings is 1. The Morgan fingerprint density at radius 2 is 2.00 bits per heavy atom. The summed E-state index contributed by atoms with van der Waals surface area (Å²) >= 11 is 3.05. The first-order chi connectivity index (χ1) is 9.10. The van der Waals surface area contributed by atoms with Crippen LogP contribution in [0.1, 0.15) is 13.8 Å². The fourth-order valence-corrected chi connectivity index (χ4v) is 3.07. The highest BCUT2D eigenvalue weighted by atomic mass is 79.9. The summed E-state index contributed by atoms with van der Waals surface area (Å²) in [5.74, 6) is -1.17. The molecule has 0 unspecified atom stereocenters. The minimum absolute atomic E-state index is 0.134. The van der Waals surface area contributed by atoms with E-state index < -0.39 is 26.2 Å². The molecule has 1 rings (SSSR count). The molecule has 1 aromatic rings. The lowest BCUT2D eigenvalue weighted by Gasteiger charge is -2.22. The summed E-state index contributed by atoms with van der Waals surface area (Å²) in [7, 11) is -2.54. The van der Waals surface area contributed by atoms with E-state index in [2.05, 4.69) is 26.0 Å².